The maximum absolute atomic E-state index is 2.45. The van der Waals surface area contributed by atoms with Gasteiger partial charge in [0.15, 0.2) is 29.3 Å². The molecule has 0 bridgehead atoms. The number of hydrogen-bond acceptors (Lipinski definition) is 0. The first-order valence-corrected chi connectivity index (χ1v) is 14.4. The number of rotatable bonds is 4. The minimum absolute atomic E-state index is 0. The Morgan fingerprint density at radius 2 is 1.44 bits per heavy atom. The molecule has 0 heterocycles. The van der Waals surface area contributed by atoms with Crippen LogP contribution >= 0.6 is 0 Å². The van der Waals surface area contributed by atoms with Crippen LogP contribution in [-0.4, -0.2) is 26.0 Å². The third kappa shape index (κ3) is 6.41. The fourth-order valence-electron chi connectivity index (χ4n) is 1.61. The van der Waals surface area contributed by atoms with E-state index in [0.29, 0.717) is 0 Å². The molecule has 18 heavy (non-hydrogen) atoms. The summed E-state index contributed by atoms with van der Waals surface area (Å²) < 4.78 is 1.67. The molecular formula is C14H25BrSSi2. The van der Waals surface area contributed by atoms with Crippen LogP contribution in [0.5, 0.6) is 0 Å². The lowest BCUT2D eigenvalue weighted by Crippen LogP contribution is -3.00. The Kier molecular flexibility index (Phi) is 7.21. The lowest BCUT2D eigenvalue weighted by atomic mass is 10.2. The molecule has 0 aliphatic heterocycles. The highest BCUT2D eigenvalue weighted by molar-refractivity contribution is 7.85. The first-order valence-electron chi connectivity index (χ1n) is 6.26. The van der Waals surface area contributed by atoms with Crippen LogP contribution in [0.15, 0.2) is 30.3 Å². The molecule has 0 amide bonds. The molecule has 102 valence electrons. The molecule has 0 radical (unpaired) electrons. The topological polar surface area (TPSA) is 0 Å². The van der Waals surface area contributed by atoms with E-state index in [9.17, 15) is 0 Å². The van der Waals surface area contributed by atoms with Gasteiger partial charge < -0.3 is 17.0 Å². The van der Waals surface area contributed by atoms with E-state index in [1.165, 1.54) is 10.9 Å². The first-order chi connectivity index (χ1) is 7.70. The van der Waals surface area contributed by atoms with Crippen molar-refractivity contribution in [3.8, 4) is 0 Å². The van der Waals surface area contributed by atoms with E-state index in [-0.39, 0.29) is 17.0 Å². The molecule has 0 N–H and O–H groups in total. The second-order valence-corrected chi connectivity index (χ2v) is 19.1. The Morgan fingerprint density at radius 1 is 0.944 bits per heavy atom. The molecule has 0 saturated carbocycles. The van der Waals surface area contributed by atoms with Crippen LogP contribution in [0.1, 0.15) is 5.56 Å². The van der Waals surface area contributed by atoms with E-state index < -0.39 is 16.1 Å². The predicted molar refractivity (Wildman–Crippen MR) is 89.5 cm³/mol. The lowest BCUT2D eigenvalue weighted by Gasteiger charge is -2.13. The van der Waals surface area contributed by atoms with Gasteiger partial charge in [-0.25, -0.2) is 0 Å². The quantitative estimate of drug-likeness (QED) is 0.427. The second-order valence-electron chi connectivity index (χ2n) is 6.79. The Bertz CT molecular complexity index is 388. The van der Waals surface area contributed by atoms with Gasteiger partial charge in [0.25, 0.3) is 0 Å². The summed E-state index contributed by atoms with van der Waals surface area (Å²) in [5.74, 6) is 0. The first kappa shape index (κ1) is 18.2. The van der Waals surface area contributed by atoms with E-state index in [1.54, 1.807) is 4.49 Å². The van der Waals surface area contributed by atoms with Crippen molar-refractivity contribution in [2.45, 2.75) is 39.3 Å². The molecule has 0 aromatic heterocycles. The normalized spacial score (nSPS) is 13.1. The highest BCUT2D eigenvalue weighted by atomic mass is 79.9. The van der Waals surface area contributed by atoms with Crippen LogP contribution in [0.2, 0.25) is 39.3 Å². The van der Waals surface area contributed by atoms with Crippen molar-refractivity contribution >= 4 is 32.0 Å². The van der Waals surface area contributed by atoms with Crippen molar-refractivity contribution in [2.75, 3.05) is 5.38 Å². The van der Waals surface area contributed by atoms with Gasteiger partial charge in [-0.3, -0.25) is 0 Å². The van der Waals surface area contributed by atoms with Crippen molar-refractivity contribution < 1.29 is 17.0 Å². The summed E-state index contributed by atoms with van der Waals surface area (Å²) in [5, 5.41) is 1.33. The van der Waals surface area contributed by atoms with Crippen molar-refractivity contribution in [3.63, 3.8) is 0 Å². The van der Waals surface area contributed by atoms with Gasteiger partial charge in [-0.2, -0.15) is 0 Å². The van der Waals surface area contributed by atoms with E-state index >= 15 is 0 Å². The van der Waals surface area contributed by atoms with Gasteiger partial charge in [0, 0.05) is 5.56 Å². The molecule has 4 heteroatoms. The maximum Gasteiger partial charge on any atom is 0.180 e. The van der Waals surface area contributed by atoms with Gasteiger partial charge in [-0.1, -0.05) is 69.6 Å². The minimum atomic E-state index is -1.23. The molecule has 0 atom stereocenters. The Balaban J connectivity index is 0.00000289. The molecule has 0 fully saturated rings. The van der Waals surface area contributed by atoms with Crippen molar-refractivity contribution in [1.82, 2.24) is 0 Å². The molecule has 0 spiro atoms. The molecule has 0 nitrogen and oxygen atoms in total. The average Bonchev–Trinajstić information content (AvgIpc) is 2.15. The smallest absolute Gasteiger partial charge is 0.180 e. The zero-order chi connectivity index (χ0) is 13.1. The molecule has 0 aliphatic rings. The minimum Gasteiger partial charge on any atom is -1.00 e. The van der Waals surface area contributed by atoms with Crippen LogP contribution in [-0.2, 0) is 11.4 Å². The standard InChI is InChI=1S/C14H25SSi2.BrH/c1-16(2,3)12-15-14(17(4,5)6)13-10-8-7-9-11-13;/h7-11H,12H2,1-6H3;1H/q+1;/p-1. The van der Waals surface area contributed by atoms with Crippen LogP contribution in [0.25, 0.3) is 0 Å². The molecular weight excluding hydrogens is 336 g/mol. The third-order valence-corrected chi connectivity index (χ3v) is 10.9. The largest absolute Gasteiger partial charge is 1.00 e. The van der Waals surface area contributed by atoms with Gasteiger partial charge in [0.05, 0.1) is 0 Å². The van der Waals surface area contributed by atoms with Crippen molar-refractivity contribution in [1.29, 1.82) is 0 Å². The van der Waals surface area contributed by atoms with E-state index in [4.69, 9.17) is 0 Å². The highest BCUT2D eigenvalue weighted by Gasteiger charge is 2.32. The van der Waals surface area contributed by atoms with Gasteiger partial charge in [-0.15, -0.1) is 0 Å². The summed E-state index contributed by atoms with van der Waals surface area (Å²) in [5.41, 5.74) is 1.45. The summed E-state index contributed by atoms with van der Waals surface area (Å²) in [4.78, 5) is 0. The Labute approximate surface area is 129 Å². The second kappa shape index (κ2) is 7.13. The van der Waals surface area contributed by atoms with Gasteiger partial charge in [0.2, 0.25) is 0 Å². The molecule has 0 unspecified atom stereocenters. The summed E-state index contributed by atoms with van der Waals surface area (Å²) in [6.45, 7) is 14.7. The fourth-order valence-corrected chi connectivity index (χ4v) is 7.64. The van der Waals surface area contributed by atoms with Gasteiger partial charge in [0.1, 0.15) is 8.07 Å². The van der Waals surface area contributed by atoms with Crippen molar-refractivity contribution in [2.24, 2.45) is 0 Å². The lowest BCUT2D eigenvalue weighted by molar-refractivity contribution is -0.00000402. The van der Waals surface area contributed by atoms with Crippen LogP contribution in [0.4, 0.5) is 0 Å². The average molecular weight is 361 g/mol. The zero-order valence-corrected chi connectivity index (χ0v) is 16.8. The summed E-state index contributed by atoms with van der Waals surface area (Å²) in [7, 11) is -2.19. The molecule has 1 aromatic carbocycles. The van der Waals surface area contributed by atoms with Gasteiger partial charge in [-0.05, 0) is 0 Å². The van der Waals surface area contributed by atoms with Crippen molar-refractivity contribution in [3.05, 3.63) is 35.9 Å². The monoisotopic (exact) mass is 360 g/mol. The Morgan fingerprint density at radius 3 is 1.83 bits per heavy atom. The molecule has 1 aromatic rings. The van der Waals surface area contributed by atoms with E-state index in [0.717, 1.165) is 0 Å². The van der Waals surface area contributed by atoms with E-state index in [2.05, 4.69) is 81.0 Å². The SMILES string of the molecule is C[Si](C)(C)C[S+]=C(c1ccccc1)[Si](C)(C)C.[Br-]. The fraction of sp³-hybridized carbons (Fsp3) is 0.500. The van der Waals surface area contributed by atoms with E-state index in [1.807, 2.05) is 0 Å². The molecule has 0 aliphatic carbocycles. The van der Waals surface area contributed by atoms with Crippen LogP contribution in [0, 0.1) is 0 Å². The third-order valence-electron chi connectivity index (χ3n) is 2.37. The summed E-state index contributed by atoms with van der Waals surface area (Å²) in [6, 6.07) is 11.0. The summed E-state index contributed by atoms with van der Waals surface area (Å²) >= 11 is 2.13. The number of hydrogen-bond donors (Lipinski definition) is 0. The number of halogens is 1. The predicted octanol–water partition coefficient (Wildman–Crippen LogP) is 1.05. The highest BCUT2D eigenvalue weighted by Crippen LogP contribution is 2.13. The van der Waals surface area contributed by atoms with Crippen LogP contribution in [0.3, 0.4) is 0 Å². The summed E-state index contributed by atoms with van der Waals surface area (Å²) in [6.07, 6.45) is 0. The molecule has 0 saturated heterocycles. The maximum atomic E-state index is 2.45. The zero-order valence-electron chi connectivity index (χ0n) is 12.4. The van der Waals surface area contributed by atoms with Crippen LogP contribution < -0.4 is 17.0 Å². The van der Waals surface area contributed by atoms with Gasteiger partial charge >= 0.3 is 0 Å². The number of benzene rings is 1. The molecule has 1 rings (SSSR count). The Hall–Kier alpha value is 0.224.